The Morgan fingerprint density at radius 1 is 1.32 bits per heavy atom. The first-order chi connectivity index (χ1) is 12.0. The minimum atomic E-state index is -0.349. The lowest BCUT2D eigenvalue weighted by atomic mass is 10.2. The van der Waals surface area contributed by atoms with Gasteiger partial charge in [-0.3, -0.25) is 4.79 Å². The van der Waals surface area contributed by atoms with Crippen LogP contribution in [0.2, 0.25) is 0 Å². The summed E-state index contributed by atoms with van der Waals surface area (Å²) in [7, 11) is 0. The van der Waals surface area contributed by atoms with Gasteiger partial charge in [-0.25, -0.2) is 9.78 Å². The number of benzene rings is 1. The quantitative estimate of drug-likeness (QED) is 0.576. The second-order valence-electron chi connectivity index (χ2n) is 5.73. The maximum absolute atomic E-state index is 12.0. The first kappa shape index (κ1) is 19.3. The van der Waals surface area contributed by atoms with Gasteiger partial charge in [0.25, 0.3) is 0 Å². The van der Waals surface area contributed by atoms with E-state index >= 15 is 0 Å². The van der Waals surface area contributed by atoms with Crippen molar-refractivity contribution in [1.29, 1.82) is 0 Å². The molecule has 136 valence electrons. The van der Waals surface area contributed by atoms with Gasteiger partial charge in [-0.2, -0.15) is 0 Å². The minimum Gasteiger partial charge on any atom is -0.462 e. The molecule has 0 aliphatic carbocycles. The molecule has 0 saturated carbocycles. The smallest absolute Gasteiger partial charge is 0.338 e. The van der Waals surface area contributed by atoms with Gasteiger partial charge in [0.2, 0.25) is 5.91 Å². The highest BCUT2D eigenvalue weighted by molar-refractivity contribution is 7.99. The molecule has 0 radical (unpaired) electrons. The van der Waals surface area contributed by atoms with Gasteiger partial charge in [0.15, 0.2) is 5.16 Å². The van der Waals surface area contributed by atoms with Crippen LogP contribution in [-0.4, -0.2) is 39.8 Å². The molecule has 0 saturated heterocycles. The largest absolute Gasteiger partial charge is 0.462 e. The summed E-state index contributed by atoms with van der Waals surface area (Å²) in [6, 6.07) is 5.54. The number of aryl methyl sites for hydroxylation is 1. The normalized spacial score (nSPS) is 12.2. The van der Waals surface area contributed by atoms with Crippen LogP contribution in [0, 0.1) is 0 Å². The van der Waals surface area contributed by atoms with Crippen LogP contribution in [-0.2, 0) is 16.1 Å². The molecule has 0 spiro atoms. The highest BCUT2D eigenvalue weighted by atomic mass is 32.2. The lowest BCUT2D eigenvalue weighted by molar-refractivity contribution is -0.119. The lowest BCUT2D eigenvalue weighted by Gasteiger charge is -2.11. The standard InChI is InChI=1S/C18H25N3O3S/c1-5-12(4)19-16(22)11-25-18-20-14-10-13(17(23)24-7-3)8-9-15(14)21(18)6-2/h8-10,12H,5-7,11H2,1-4H3,(H,19,22)/t12-/m0/s1. The fourth-order valence-corrected chi connectivity index (χ4v) is 3.30. The predicted octanol–water partition coefficient (Wildman–Crippen LogP) is 3.24. The number of thioether (sulfide) groups is 1. The summed E-state index contributed by atoms with van der Waals surface area (Å²) in [6.45, 7) is 8.92. The van der Waals surface area contributed by atoms with Crippen molar-refractivity contribution in [2.75, 3.05) is 12.4 Å². The van der Waals surface area contributed by atoms with Gasteiger partial charge in [-0.15, -0.1) is 0 Å². The summed E-state index contributed by atoms with van der Waals surface area (Å²) >= 11 is 1.41. The van der Waals surface area contributed by atoms with Gasteiger partial charge in [-0.1, -0.05) is 18.7 Å². The van der Waals surface area contributed by atoms with Crippen LogP contribution in [0.1, 0.15) is 44.5 Å². The molecule has 25 heavy (non-hydrogen) atoms. The van der Waals surface area contributed by atoms with Crippen molar-refractivity contribution in [2.45, 2.75) is 51.9 Å². The highest BCUT2D eigenvalue weighted by Crippen LogP contribution is 2.25. The molecule has 1 N–H and O–H groups in total. The van der Waals surface area contributed by atoms with E-state index in [9.17, 15) is 9.59 Å². The molecular weight excluding hydrogens is 338 g/mol. The molecule has 0 bridgehead atoms. The molecule has 2 aromatic rings. The average molecular weight is 363 g/mol. The average Bonchev–Trinajstić information content (AvgIpc) is 2.96. The van der Waals surface area contributed by atoms with E-state index < -0.39 is 0 Å². The van der Waals surface area contributed by atoms with Crippen LogP contribution < -0.4 is 5.32 Å². The number of ether oxygens (including phenoxy) is 1. The monoisotopic (exact) mass is 363 g/mol. The van der Waals surface area contributed by atoms with E-state index in [-0.39, 0.29) is 17.9 Å². The first-order valence-corrected chi connectivity index (χ1v) is 9.58. The molecule has 0 fully saturated rings. The lowest BCUT2D eigenvalue weighted by Crippen LogP contribution is -2.33. The molecule has 0 aliphatic rings. The number of aromatic nitrogens is 2. The Bertz CT molecular complexity index is 757. The zero-order valence-corrected chi connectivity index (χ0v) is 16.0. The SMILES string of the molecule is CCOC(=O)c1ccc2c(c1)nc(SCC(=O)N[C@@H](C)CC)n2CC. The Balaban J connectivity index is 2.19. The van der Waals surface area contributed by atoms with E-state index in [1.807, 2.05) is 31.4 Å². The van der Waals surface area contributed by atoms with Gasteiger partial charge in [0.05, 0.1) is 29.0 Å². The Morgan fingerprint density at radius 2 is 2.08 bits per heavy atom. The minimum absolute atomic E-state index is 0.00118. The Hall–Kier alpha value is -2.02. The zero-order chi connectivity index (χ0) is 18.4. The maximum atomic E-state index is 12.0. The van der Waals surface area contributed by atoms with E-state index in [1.165, 1.54) is 11.8 Å². The highest BCUT2D eigenvalue weighted by Gasteiger charge is 2.15. The van der Waals surface area contributed by atoms with E-state index in [2.05, 4.69) is 10.3 Å². The second kappa shape index (κ2) is 8.89. The fourth-order valence-electron chi connectivity index (χ4n) is 2.41. The maximum Gasteiger partial charge on any atom is 0.338 e. The van der Waals surface area contributed by atoms with Crippen molar-refractivity contribution in [1.82, 2.24) is 14.9 Å². The van der Waals surface area contributed by atoms with E-state index in [1.54, 1.807) is 19.1 Å². The molecule has 1 aromatic heterocycles. The van der Waals surface area contributed by atoms with Gasteiger partial charge < -0.3 is 14.6 Å². The third-order valence-electron chi connectivity index (χ3n) is 3.89. The van der Waals surface area contributed by atoms with Gasteiger partial charge in [0, 0.05) is 12.6 Å². The summed E-state index contributed by atoms with van der Waals surface area (Å²) in [5.41, 5.74) is 2.17. The van der Waals surface area contributed by atoms with Crippen LogP contribution in [0.3, 0.4) is 0 Å². The Kier molecular flexibility index (Phi) is 6.87. The van der Waals surface area contributed by atoms with Gasteiger partial charge in [-0.05, 0) is 45.4 Å². The van der Waals surface area contributed by atoms with Gasteiger partial charge >= 0.3 is 5.97 Å². The number of carbonyl (C=O) groups excluding carboxylic acids is 2. The predicted molar refractivity (Wildman–Crippen MR) is 100.0 cm³/mol. The van der Waals surface area contributed by atoms with Crippen molar-refractivity contribution in [2.24, 2.45) is 0 Å². The molecular formula is C18H25N3O3S. The van der Waals surface area contributed by atoms with Crippen molar-refractivity contribution in [3.63, 3.8) is 0 Å². The van der Waals surface area contributed by atoms with E-state index in [4.69, 9.17) is 4.74 Å². The molecule has 0 aliphatic heterocycles. The summed E-state index contributed by atoms with van der Waals surface area (Å²) < 4.78 is 7.08. The molecule has 1 heterocycles. The number of esters is 1. The van der Waals surface area contributed by atoms with Crippen molar-refractivity contribution in [3.8, 4) is 0 Å². The van der Waals surface area contributed by atoms with Crippen LogP contribution in [0.15, 0.2) is 23.4 Å². The second-order valence-corrected chi connectivity index (χ2v) is 6.67. The summed E-state index contributed by atoms with van der Waals surface area (Å²) in [5, 5.41) is 3.73. The number of carbonyl (C=O) groups is 2. The fraction of sp³-hybridized carbons (Fsp3) is 0.500. The summed E-state index contributed by atoms with van der Waals surface area (Å²) in [4.78, 5) is 28.5. The number of nitrogens with zero attached hydrogens (tertiary/aromatic N) is 2. The molecule has 7 heteroatoms. The van der Waals surface area contributed by atoms with Crippen LogP contribution in [0.25, 0.3) is 11.0 Å². The van der Waals surface area contributed by atoms with Crippen molar-refractivity contribution < 1.29 is 14.3 Å². The number of amides is 1. The van der Waals surface area contributed by atoms with Crippen molar-refractivity contribution in [3.05, 3.63) is 23.8 Å². The van der Waals surface area contributed by atoms with Crippen LogP contribution >= 0.6 is 11.8 Å². The molecule has 1 amide bonds. The Morgan fingerprint density at radius 3 is 2.72 bits per heavy atom. The third-order valence-corrected chi connectivity index (χ3v) is 4.87. The van der Waals surface area contributed by atoms with Crippen LogP contribution in [0.5, 0.6) is 0 Å². The third kappa shape index (κ3) is 4.75. The van der Waals surface area contributed by atoms with E-state index in [0.717, 1.165) is 29.2 Å². The van der Waals surface area contributed by atoms with E-state index in [0.29, 0.717) is 17.9 Å². The molecule has 2 rings (SSSR count). The topological polar surface area (TPSA) is 73.2 Å². The van der Waals surface area contributed by atoms with Crippen molar-refractivity contribution >= 4 is 34.7 Å². The summed E-state index contributed by atoms with van der Waals surface area (Å²) in [5.74, 6) is -0.0304. The zero-order valence-electron chi connectivity index (χ0n) is 15.2. The number of nitrogens with one attached hydrogen (secondary N) is 1. The number of hydrogen-bond donors (Lipinski definition) is 1. The number of imidazole rings is 1. The van der Waals surface area contributed by atoms with Crippen LogP contribution in [0.4, 0.5) is 0 Å². The number of hydrogen-bond acceptors (Lipinski definition) is 5. The number of rotatable bonds is 8. The molecule has 1 aromatic carbocycles. The first-order valence-electron chi connectivity index (χ1n) is 8.59. The molecule has 0 unspecified atom stereocenters. The molecule has 1 atom stereocenters. The summed E-state index contributed by atoms with van der Waals surface area (Å²) in [6.07, 6.45) is 0.903. The number of fused-ring (bicyclic) bond motifs is 1. The Labute approximate surface area is 152 Å². The molecule has 6 nitrogen and oxygen atoms in total. The van der Waals surface area contributed by atoms with Gasteiger partial charge in [0.1, 0.15) is 0 Å².